The molecule has 0 aromatic carbocycles. The fourth-order valence-corrected chi connectivity index (χ4v) is 3.57. The minimum Gasteiger partial charge on any atom is -0.306 e. The molecule has 4 heterocycles. The van der Waals surface area contributed by atoms with Gasteiger partial charge < -0.3 is 4.40 Å². The number of anilines is 1. The molecule has 0 N–H and O–H groups in total. The second kappa shape index (κ2) is 7.13. The number of hydrogen-bond donors (Lipinski definition) is 0. The fourth-order valence-electron chi connectivity index (χ4n) is 3.57. The van der Waals surface area contributed by atoms with Crippen LogP contribution in [0.2, 0.25) is 0 Å². The molecular weight excluding hydrogens is 388 g/mol. The van der Waals surface area contributed by atoms with Crippen molar-refractivity contribution < 1.29 is 22.4 Å². The van der Waals surface area contributed by atoms with Gasteiger partial charge >= 0.3 is 6.18 Å². The largest absolute Gasteiger partial charge is 0.433 e. The molecule has 0 fully saturated rings. The smallest absolute Gasteiger partial charge is 0.306 e. The molecule has 0 spiro atoms. The summed E-state index contributed by atoms with van der Waals surface area (Å²) in [4.78, 5) is 21.7. The van der Waals surface area contributed by atoms with Gasteiger partial charge in [0.2, 0.25) is 5.91 Å². The van der Waals surface area contributed by atoms with Crippen molar-refractivity contribution >= 4 is 17.4 Å². The number of rotatable bonds is 4. The van der Waals surface area contributed by atoms with Crippen molar-refractivity contribution in [1.82, 2.24) is 14.4 Å². The van der Waals surface area contributed by atoms with Crippen LogP contribution in [0.3, 0.4) is 0 Å². The molecule has 152 valence electrons. The number of amides is 1. The normalized spacial score (nSPS) is 13.9. The summed E-state index contributed by atoms with van der Waals surface area (Å²) in [6, 6.07) is 3.66. The van der Waals surface area contributed by atoms with Crippen LogP contribution in [0.5, 0.6) is 0 Å². The number of imidazole rings is 1. The minimum atomic E-state index is -4.56. The zero-order valence-corrected chi connectivity index (χ0v) is 15.6. The molecule has 9 heteroatoms. The van der Waals surface area contributed by atoms with Gasteiger partial charge in [-0.05, 0) is 37.8 Å². The fraction of sp³-hybridized carbons (Fsp3) is 0.350. The van der Waals surface area contributed by atoms with E-state index in [1.165, 1.54) is 17.0 Å². The number of pyridine rings is 2. The van der Waals surface area contributed by atoms with E-state index in [2.05, 4.69) is 9.97 Å². The van der Waals surface area contributed by atoms with Crippen molar-refractivity contribution in [3.8, 4) is 0 Å². The Labute approximate surface area is 164 Å². The zero-order chi connectivity index (χ0) is 20.8. The van der Waals surface area contributed by atoms with Crippen molar-refractivity contribution in [2.75, 3.05) is 11.4 Å². The molecular formula is C20H18F4N4O. The van der Waals surface area contributed by atoms with Crippen molar-refractivity contribution in [1.29, 1.82) is 0 Å². The molecule has 1 amide bonds. The molecule has 0 radical (unpaired) electrons. The Hall–Kier alpha value is -2.97. The predicted molar refractivity (Wildman–Crippen MR) is 98.1 cm³/mol. The third kappa shape index (κ3) is 3.81. The van der Waals surface area contributed by atoms with Gasteiger partial charge in [0.25, 0.3) is 0 Å². The Balaban J connectivity index is 1.43. The van der Waals surface area contributed by atoms with E-state index >= 15 is 0 Å². The molecule has 0 bridgehead atoms. The Morgan fingerprint density at radius 1 is 1.21 bits per heavy atom. The number of carbonyl (C=O) groups excluding carboxylic acids is 1. The molecule has 4 rings (SSSR count). The van der Waals surface area contributed by atoms with E-state index < -0.39 is 17.7 Å². The molecule has 0 unspecified atom stereocenters. The molecule has 0 aliphatic carbocycles. The monoisotopic (exact) mass is 406 g/mol. The number of aryl methyl sites for hydroxylation is 2. The quantitative estimate of drug-likeness (QED) is 0.613. The first kappa shape index (κ1) is 19.4. The molecule has 29 heavy (non-hydrogen) atoms. The summed E-state index contributed by atoms with van der Waals surface area (Å²) in [5.41, 5.74) is 1.36. The van der Waals surface area contributed by atoms with Gasteiger partial charge in [0.15, 0.2) is 0 Å². The van der Waals surface area contributed by atoms with E-state index in [9.17, 15) is 22.4 Å². The van der Waals surface area contributed by atoms with Crippen LogP contribution in [0.25, 0.3) is 5.65 Å². The lowest BCUT2D eigenvalue weighted by Crippen LogP contribution is -2.29. The molecule has 0 atom stereocenters. The lowest BCUT2D eigenvalue weighted by Gasteiger charge is -2.17. The predicted octanol–water partition coefficient (Wildman–Crippen LogP) is 4.11. The van der Waals surface area contributed by atoms with Crippen LogP contribution in [0.15, 0.2) is 30.6 Å². The number of carbonyl (C=O) groups is 1. The van der Waals surface area contributed by atoms with Gasteiger partial charge in [-0.1, -0.05) is 6.07 Å². The topological polar surface area (TPSA) is 50.5 Å². The number of alkyl halides is 3. The molecule has 5 nitrogen and oxygen atoms in total. The highest BCUT2D eigenvalue weighted by Gasteiger charge is 2.35. The van der Waals surface area contributed by atoms with Crippen LogP contribution in [0.4, 0.5) is 23.4 Å². The maximum atomic E-state index is 14.2. The van der Waals surface area contributed by atoms with Crippen molar-refractivity contribution in [2.24, 2.45) is 0 Å². The Bertz CT molecular complexity index is 1090. The Kier molecular flexibility index (Phi) is 4.76. The van der Waals surface area contributed by atoms with Gasteiger partial charge in [0.05, 0.1) is 5.69 Å². The summed E-state index contributed by atoms with van der Waals surface area (Å²) >= 11 is 0. The van der Waals surface area contributed by atoms with Gasteiger partial charge in [-0.25, -0.2) is 14.4 Å². The van der Waals surface area contributed by atoms with Crippen LogP contribution in [-0.4, -0.2) is 26.8 Å². The van der Waals surface area contributed by atoms with Crippen LogP contribution in [0.1, 0.15) is 35.4 Å². The summed E-state index contributed by atoms with van der Waals surface area (Å²) in [5.74, 6) is -0.625. The summed E-state index contributed by atoms with van der Waals surface area (Å²) in [5, 5.41) is 0. The van der Waals surface area contributed by atoms with Crippen molar-refractivity contribution in [3.05, 3.63) is 58.9 Å². The van der Waals surface area contributed by atoms with Crippen molar-refractivity contribution in [3.63, 3.8) is 0 Å². The lowest BCUT2D eigenvalue weighted by atomic mass is 10.1. The van der Waals surface area contributed by atoms with E-state index in [1.807, 2.05) is 6.92 Å². The Morgan fingerprint density at radius 3 is 2.76 bits per heavy atom. The first-order chi connectivity index (χ1) is 13.7. The van der Waals surface area contributed by atoms with Gasteiger partial charge in [-0.3, -0.25) is 9.69 Å². The zero-order valence-electron chi connectivity index (χ0n) is 15.6. The summed E-state index contributed by atoms with van der Waals surface area (Å²) in [6.45, 7) is 2.12. The SMILES string of the molecule is Cc1cn2cc(CCCC(=O)N3CCc4ccc(C(F)(F)F)nc43)c(F)cc2n1. The van der Waals surface area contributed by atoms with E-state index in [0.717, 1.165) is 11.8 Å². The molecule has 3 aromatic heterocycles. The molecule has 1 aliphatic heterocycles. The van der Waals surface area contributed by atoms with Crippen LogP contribution in [0, 0.1) is 12.7 Å². The third-order valence-corrected chi connectivity index (χ3v) is 4.98. The van der Waals surface area contributed by atoms with Gasteiger partial charge in [-0.15, -0.1) is 0 Å². The van der Waals surface area contributed by atoms with Crippen molar-refractivity contribution in [2.45, 2.75) is 38.8 Å². The average Bonchev–Trinajstić information content (AvgIpc) is 3.22. The first-order valence-corrected chi connectivity index (χ1v) is 9.23. The van der Waals surface area contributed by atoms with E-state index in [1.54, 1.807) is 16.8 Å². The third-order valence-electron chi connectivity index (χ3n) is 4.98. The molecule has 3 aromatic rings. The summed E-state index contributed by atoms with van der Waals surface area (Å²) < 4.78 is 54.7. The highest BCUT2D eigenvalue weighted by Crippen LogP contribution is 2.33. The van der Waals surface area contributed by atoms with Crippen LogP contribution < -0.4 is 4.90 Å². The second-order valence-corrected chi connectivity index (χ2v) is 7.12. The second-order valence-electron chi connectivity index (χ2n) is 7.12. The van der Waals surface area contributed by atoms with Gasteiger partial charge in [0, 0.05) is 37.0 Å². The lowest BCUT2D eigenvalue weighted by molar-refractivity contribution is -0.141. The first-order valence-electron chi connectivity index (χ1n) is 9.23. The maximum absolute atomic E-state index is 14.2. The maximum Gasteiger partial charge on any atom is 0.433 e. The number of nitrogens with zero attached hydrogens (tertiary/aromatic N) is 4. The average molecular weight is 406 g/mol. The van der Waals surface area contributed by atoms with E-state index in [-0.39, 0.29) is 18.1 Å². The standard InChI is InChI=1S/C20H18F4N4O/c1-12-10-27-11-14(15(21)9-17(27)25-12)3-2-4-18(29)28-8-7-13-5-6-16(20(22,23)24)26-19(13)28/h5-6,9-11H,2-4,7-8H2,1H3. The van der Waals surface area contributed by atoms with Crippen LogP contribution in [-0.2, 0) is 23.8 Å². The minimum absolute atomic E-state index is 0.0753. The number of halogens is 4. The molecule has 0 saturated heterocycles. The molecule has 0 saturated carbocycles. The number of hydrogen-bond acceptors (Lipinski definition) is 3. The highest BCUT2D eigenvalue weighted by molar-refractivity contribution is 5.94. The van der Waals surface area contributed by atoms with E-state index in [4.69, 9.17) is 0 Å². The van der Waals surface area contributed by atoms with Crippen LogP contribution >= 0.6 is 0 Å². The van der Waals surface area contributed by atoms with E-state index in [0.29, 0.717) is 42.6 Å². The summed E-state index contributed by atoms with van der Waals surface area (Å²) in [6.07, 6.45) is 0.149. The number of fused-ring (bicyclic) bond motifs is 2. The number of aromatic nitrogens is 3. The Morgan fingerprint density at radius 2 is 2.00 bits per heavy atom. The van der Waals surface area contributed by atoms with Gasteiger partial charge in [-0.2, -0.15) is 13.2 Å². The van der Waals surface area contributed by atoms with Gasteiger partial charge in [0.1, 0.15) is 23.0 Å². The summed E-state index contributed by atoms with van der Waals surface area (Å²) in [7, 11) is 0. The molecule has 1 aliphatic rings. The highest BCUT2D eigenvalue weighted by atomic mass is 19.4.